The Morgan fingerprint density at radius 2 is 1.96 bits per heavy atom. The molecule has 0 radical (unpaired) electrons. The van der Waals surface area contributed by atoms with Crippen molar-refractivity contribution in [1.29, 1.82) is 0 Å². The van der Waals surface area contributed by atoms with E-state index in [1.54, 1.807) is 23.6 Å². The van der Waals surface area contributed by atoms with E-state index >= 15 is 0 Å². The van der Waals surface area contributed by atoms with Gasteiger partial charge in [-0.3, -0.25) is 4.57 Å². The molecule has 0 aliphatic rings. The number of aromatic nitrogens is 3. The van der Waals surface area contributed by atoms with E-state index < -0.39 is 16.1 Å². The first kappa shape index (κ1) is 18.2. The van der Waals surface area contributed by atoms with Crippen LogP contribution in [0.4, 0.5) is 0 Å². The third-order valence-corrected chi connectivity index (χ3v) is 5.15. The zero-order chi connectivity index (χ0) is 17.9. The minimum atomic E-state index is -3.79. The maximum atomic E-state index is 12.7. The van der Waals surface area contributed by atoms with Crippen LogP contribution in [0.2, 0.25) is 0 Å². The molecule has 1 aromatic heterocycles. The van der Waals surface area contributed by atoms with Crippen LogP contribution in [0, 0.1) is 6.92 Å². The molecule has 24 heavy (non-hydrogen) atoms. The third-order valence-electron chi connectivity index (χ3n) is 3.57. The van der Waals surface area contributed by atoms with Crippen LogP contribution in [-0.4, -0.2) is 37.4 Å². The average Bonchev–Trinajstić information content (AvgIpc) is 2.97. The first-order valence-corrected chi connectivity index (χ1v) is 8.96. The Morgan fingerprint density at radius 3 is 2.54 bits per heavy atom. The van der Waals surface area contributed by atoms with Crippen LogP contribution in [0.1, 0.15) is 31.3 Å². The van der Waals surface area contributed by atoms with Gasteiger partial charge in [0.15, 0.2) is 5.82 Å². The molecule has 0 aliphatic carbocycles. The predicted octanol–water partition coefficient (Wildman–Crippen LogP) is 1.66. The van der Waals surface area contributed by atoms with E-state index in [0.29, 0.717) is 24.1 Å². The molecule has 0 saturated heterocycles. The smallest absolute Gasteiger partial charge is 0.316 e. The van der Waals surface area contributed by atoms with E-state index in [0.717, 1.165) is 5.56 Å². The monoisotopic (exact) mass is 354 g/mol. The summed E-state index contributed by atoms with van der Waals surface area (Å²) in [4.78, 5) is 0.0805. The number of hydrogen-bond donors (Lipinski definition) is 1. The largest absolute Gasteiger partial charge is 0.495 e. The summed E-state index contributed by atoms with van der Waals surface area (Å²) in [6.45, 7) is 6.03. The van der Waals surface area contributed by atoms with Gasteiger partial charge in [-0.2, -0.15) is 0 Å². The van der Waals surface area contributed by atoms with Gasteiger partial charge in [-0.25, -0.2) is 13.1 Å². The Kier molecular flexibility index (Phi) is 5.45. The summed E-state index contributed by atoms with van der Waals surface area (Å²) in [6, 6.07) is 4.67. The van der Waals surface area contributed by atoms with Gasteiger partial charge in [0.1, 0.15) is 10.6 Å². The van der Waals surface area contributed by atoms with Crippen LogP contribution in [0.25, 0.3) is 0 Å². The molecular weight excluding hydrogens is 332 g/mol. The zero-order valence-electron chi connectivity index (χ0n) is 14.4. The lowest BCUT2D eigenvalue weighted by molar-refractivity contribution is 0.354. The Bertz CT molecular complexity index is 817. The van der Waals surface area contributed by atoms with Crippen molar-refractivity contribution in [3.05, 3.63) is 29.6 Å². The van der Waals surface area contributed by atoms with Crippen molar-refractivity contribution < 1.29 is 17.9 Å². The van der Waals surface area contributed by atoms with E-state index in [1.807, 2.05) is 13.8 Å². The fourth-order valence-electron chi connectivity index (χ4n) is 2.41. The van der Waals surface area contributed by atoms with Crippen molar-refractivity contribution >= 4 is 10.0 Å². The molecule has 132 valence electrons. The molecule has 2 rings (SSSR count). The minimum absolute atomic E-state index is 0.0805. The lowest BCUT2D eigenvalue weighted by Crippen LogP contribution is -2.29. The molecule has 1 N–H and O–H groups in total. The van der Waals surface area contributed by atoms with E-state index in [-0.39, 0.29) is 4.90 Å². The average molecular weight is 354 g/mol. The Morgan fingerprint density at radius 1 is 1.25 bits per heavy atom. The Labute approximate surface area is 141 Å². The molecule has 9 heteroatoms. The van der Waals surface area contributed by atoms with E-state index in [4.69, 9.17) is 9.47 Å². The Balaban J connectivity index is 2.34. The third kappa shape index (κ3) is 3.51. The molecule has 1 aromatic carbocycles. The number of methoxy groups -OCH3 is 2. The second kappa shape index (κ2) is 7.18. The van der Waals surface area contributed by atoms with Crippen molar-refractivity contribution in [2.45, 2.75) is 38.3 Å². The fraction of sp³-hybridized carbons (Fsp3) is 0.467. The number of benzene rings is 1. The SMILES string of the molecule is CCn1c(OC)nnc1[C@@H](C)NS(=O)(=O)c1ccc(C)cc1OC. The summed E-state index contributed by atoms with van der Waals surface area (Å²) in [6.07, 6.45) is 0. The first-order chi connectivity index (χ1) is 11.3. The molecule has 0 spiro atoms. The van der Waals surface area contributed by atoms with Crippen LogP contribution in [-0.2, 0) is 16.6 Å². The molecule has 1 heterocycles. The van der Waals surface area contributed by atoms with Crippen molar-refractivity contribution in [1.82, 2.24) is 19.5 Å². The van der Waals surface area contributed by atoms with Crippen molar-refractivity contribution in [3.8, 4) is 11.8 Å². The van der Waals surface area contributed by atoms with E-state index in [1.165, 1.54) is 20.3 Å². The summed E-state index contributed by atoms with van der Waals surface area (Å²) in [5, 5.41) is 7.93. The molecule has 0 fully saturated rings. The molecular formula is C15H22N4O4S. The quantitative estimate of drug-likeness (QED) is 0.812. The molecule has 0 aliphatic heterocycles. The maximum Gasteiger partial charge on any atom is 0.316 e. The number of aryl methyl sites for hydroxylation is 1. The highest BCUT2D eigenvalue weighted by Gasteiger charge is 2.26. The zero-order valence-corrected chi connectivity index (χ0v) is 15.2. The normalized spacial score (nSPS) is 12.9. The second-order valence-corrected chi connectivity index (χ2v) is 6.97. The topological polar surface area (TPSA) is 95.3 Å². The molecule has 0 saturated carbocycles. The molecule has 0 unspecified atom stereocenters. The highest BCUT2D eigenvalue weighted by atomic mass is 32.2. The van der Waals surface area contributed by atoms with Crippen molar-refractivity contribution in [2.24, 2.45) is 0 Å². The highest BCUT2D eigenvalue weighted by molar-refractivity contribution is 7.89. The second-order valence-electron chi connectivity index (χ2n) is 5.29. The van der Waals surface area contributed by atoms with Gasteiger partial charge < -0.3 is 9.47 Å². The summed E-state index contributed by atoms with van der Waals surface area (Å²) < 4.78 is 40.0. The lowest BCUT2D eigenvalue weighted by Gasteiger charge is -2.16. The number of sulfonamides is 1. The van der Waals surface area contributed by atoms with Gasteiger partial charge >= 0.3 is 6.01 Å². The van der Waals surface area contributed by atoms with Gasteiger partial charge in [0.05, 0.1) is 20.3 Å². The predicted molar refractivity (Wildman–Crippen MR) is 88.7 cm³/mol. The van der Waals surface area contributed by atoms with Gasteiger partial charge in [0.2, 0.25) is 10.0 Å². The van der Waals surface area contributed by atoms with Gasteiger partial charge in [0.25, 0.3) is 0 Å². The maximum absolute atomic E-state index is 12.7. The lowest BCUT2D eigenvalue weighted by atomic mass is 10.2. The number of nitrogens with one attached hydrogen (secondary N) is 1. The number of nitrogens with zero attached hydrogens (tertiary/aromatic N) is 3. The number of rotatable bonds is 7. The van der Waals surface area contributed by atoms with Crippen LogP contribution in [0.3, 0.4) is 0 Å². The highest BCUT2D eigenvalue weighted by Crippen LogP contribution is 2.26. The van der Waals surface area contributed by atoms with Crippen LogP contribution < -0.4 is 14.2 Å². The van der Waals surface area contributed by atoms with Gasteiger partial charge in [-0.15, -0.1) is 5.10 Å². The molecule has 0 bridgehead atoms. The summed E-state index contributed by atoms with van der Waals surface area (Å²) in [7, 11) is -0.854. The summed E-state index contributed by atoms with van der Waals surface area (Å²) >= 11 is 0. The van der Waals surface area contributed by atoms with Crippen LogP contribution in [0.5, 0.6) is 11.8 Å². The van der Waals surface area contributed by atoms with E-state index in [2.05, 4.69) is 14.9 Å². The standard InChI is InChI=1S/C15H22N4O4S/c1-6-19-14(16-17-15(19)23-5)11(3)18-24(20,21)13-8-7-10(2)9-12(13)22-4/h7-9,11,18H,6H2,1-5H3/t11-/m1/s1. The number of hydrogen-bond acceptors (Lipinski definition) is 6. The minimum Gasteiger partial charge on any atom is -0.495 e. The van der Waals surface area contributed by atoms with Crippen molar-refractivity contribution in [2.75, 3.05) is 14.2 Å². The van der Waals surface area contributed by atoms with Crippen LogP contribution >= 0.6 is 0 Å². The van der Waals surface area contributed by atoms with Gasteiger partial charge in [-0.1, -0.05) is 11.2 Å². The molecule has 1 atom stereocenters. The van der Waals surface area contributed by atoms with E-state index in [9.17, 15) is 8.42 Å². The first-order valence-electron chi connectivity index (χ1n) is 7.48. The van der Waals surface area contributed by atoms with Crippen LogP contribution in [0.15, 0.2) is 23.1 Å². The fourth-order valence-corrected chi connectivity index (χ4v) is 3.77. The van der Waals surface area contributed by atoms with Gasteiger partial charge in [-0.05, 0) is 38.5 Å². The number of ether oxygens (including phenoxy) is 2. The van der Waals surface area contributed by atoms with Gasteiger partial charge in [0, 0.05) is 6.54 Å². The molecule has 8 nitrogen and oxygen atoms in total. The summed E-state index contributed by atoms with van der Waals surface area (Å²) in [5.74, 6) is 0.772. The molecule has 0 amide bonds. The Hall–Kier alpha value is -2.13. The molecule has 2 aromatic rings. The van der Waals surface area contributed by atoms with Crippen molar-refractivity contribution in [3.63, 3.8) is 0 Å². The summed E-state index contributed by atoms with van der Waals surface area (Å²) in [5.41, 5.74) is 0.911.